The number of rotatable bonds is 11. The van der Waals surface area contributed by atoms with Crippen molar-refractivity contribution in [3.05, 3.63) is 59.7 Å². The van der Waals surface area contributed by atoms with Gasteiger partial charge in [0.1, 0.15) is 35.0 Å². The predicted molar refractivity (Wildman–Crippen MR) is 197 cm³/mol. The largest absolute Gasteiger partial charge is 0.444 e. The molecule has 5 aliphatic rings. The van der Waals surface area contributed by atoms with Gasteiger partial charge in [0.05, 0.1) is 17.7 Å². The lowest BCUT2D eigenvalue weighted by atomic mass is 9.83. The van der Waals surface area contributed by atoms with Gasteiger partial charge in [0.2, 0.25) is 28.3 Å². The number of hydrogen-bond donors (Lipinski definition) is 3. The van der Waals surface area contributed by atoms with Crippen LogP contribution in [-0.2, 0) is 34.0 Å². The molecule has 1 unspecified atom stereocenters. The molecular formula is C39H47F2N5O8S. The van der Waals surface area contributed by atoms with Crippen molar-refractivity contribution in [2.75, 3.05) is 6.54 Å². The molecule has 0 radical (unpaired) electrons. The van der Waals surface area contributed by atoms with Crippen LogP contribution in [0.5, 0.6) is 0 Å². The predicted octanol–water partition coefficient (Wildman–Crippen LogP) is 4.63. The lowest BCUT2D eigenvalue weighted by Crippen LogP contribution is -2.59. The first kappa shape index (κ1) is 38.7. The maximum Gasteiger partial charge on any atom is 0.408 e. The van der Waals surface area contributed by atoms with Crippen LogP contribution in [0.25, 0.3) is 11.1 Å². The number of benzene rings is 2. The topological polar surface area (TPSA) is 173 Å². The minimum atomic E-state index is -4.12. The third kappa shape index (κ3) is 8.05. The summed E-state index contributed by atoms with van der Waals surface area (Å²) in [7, 11) is -4.12. The lowest BCUT2D eigenvalue weighted by molar-refractivity contribution is -0.142. The minimum absolute atomic E-state index is 0.126. The summed E-state index contributed by atoms with van der Waals surface area (Å²) in [5.41, 5.74) is 1.12. The van der Waals surface area contributed by atoms with Crippen LogP contribution < -0.4 is 15.4 Å². The Morgan fingerprint density at radius 2 is 1.51 bits per heavy atom. The number of fused-ring (bicyclic) bond motifs is 3. The second kappa shape index (κ2) is 14.8. The first-order chi connectivity index (χ1) is 26.1. The highest BCUT2D eigenvalue weighted by Gasteiger charge is 2.67. The SMILES string of the molecule is CC(C)(C)OC(=O)N[C@H](C(=O)N1C[C@H](ON=C2c3ccccc3-c3ccccc32)CC1C(=O)N[C@@]1(C(=O)NS(=O)(=O)C2CC2)C[C@H]1C(F)F)C1CCCCC1. The number of halogens is 2. The maximum absolute atomic E-state index is 14.7. The number of carbonyl (C=O) groups is 4. The smallest absolute Gasteiger partial charge is 0.408 e. The molecule has 2 aromatic rings. The molecule has 0 aromatic heterocycles. The van der Waals surface area contributed by atoms with E-state index in [2.05, 4.69) is 15.8 Å². The van der Waals surface area contributed by atoms with E-state index >= 15 is 0 Å². The number of likely N-dealkylation sites (tertiary alicyclic amines) is 1. The van der Waals surface area contributed by atoms with Crippen molar-refractivity contribution in [2.24, 2.45) is 17.0 Å². The number of alkyl halides is 2. The Balaban J connectivity index is 1.18. The summed E-state index contributed by atoms with van der Waals surface area (Å²) in [6.07, 6.45) is -0.737. The van der Waals surface area contributed by atoms with Gasteiger partial charge in [-0.3, -0.25) is 19.1 Å². The van der Waals surface area contributed by atoms with E-state index in [1.807, 2.05) is 53.3 Å². The molecule has 296 valence electrons. The van der Waals surface area contributed by atoms with Crippen LogP contribution in [-0.4, -0.2) is 90.4 Å². The van der Waals surface area contributed by atoms with E-state index in [1.54, 1.807) is 20.8 Å². The summed E-state index contributed by atoms with van der Waals surface area (Å²) in [5.74, 6) is -4.67. The molecule has 4 aliphatic carbocycles. The van der Waals surface area contributed by atoms with E-state index in [0.29, 0.717) is 31.4 Å². The molecule has 55 heavy (non-hydrogen) atoms. The molecule has 1 heterocycles. The fourth-order valence-electron chi connectivity index (χ4n) is 8.09. The van der Waals surface area contributed by atoms with Gasteiger partial charge < -0.3 is 25.1 Å². The summed E-state index contributed by atoms with van der Waals surface area (Å²) < 4.78 is 61.0. The molecule has 5 atom stereocenters. The van der Waals surface area contributed by atoms with Crippen LogP contribution in [0.2, 0.25) is 0 Å². The summed E-state index contributed by atoms with van der Waals surface area (Å²) in [4.78, 5) is 62.8. The summed E-state index contributed by atoms with van der Waals surface area (Å²) in [6, 6.07) is 13.0. The van der Waals surface area contributed by atoms with Crippen molar-refractivity contribution in [3.63, 3.8) is 0 Å². The van der Waals surface area contributed by atoms with Crippen molar-refractivity contribution < 1.29 is 46.0 Å². The zero-order valence-corrected chi connectivity index (χ0v) is 31.9. The Kier molecular flexibility index (Phi) is 10.4. The quantitative estimate of drug-likeness (QED) is 0.236. The van der Waals surface area contributed by atoms with Gasteiger partial charge in [-0.25, -0.2) is 22.0 Å². The highest BCUT2D eigenvalue weighted by molar-refractivity contribution is 7.91. The van der Waals surface area contributed by atoms with Crippen molar-refractivity contribution in [2.45, 2.75) is 120 Å². The van der Waals surface area contributed by atoms with Crippen LogP contribution in [0.3, 0.4) is 0 Å². The highest BCUT2D eigenvalue weighted by Crippen LogP contribution is 2.48. The van der Waals surface area contributed by atoms with E-state index in [-0.39, 0.29) is 18.9 Å². The van der Waals surface area contributed by atoms with Gasteiger partial charge in [0, 0.05) is 17.5 Å². The van der Waals surface area contributed by atoms with Gasteiger partial charge in [-0.2, -0.15) is 0 Å². The van der Waals surface area contributed by atoms with Gasteiger partial charge in [-0.1, -0.05) is 72.9 Å². The second-order valence-corrected chi connectivity index (χ2v) is 18.3. The highest BCUT2D eigenvalue weighted by atomic mass is 32.2. The molecule has 3 saturated carbocycles. The molecular weight excluding hydrogens is 737 g/mol. The van der Waals surface area contributed by atoms with Crippen molar-refractivity contribution in [1.82, 2.24) is 20.3 Å². The van der Waals surface area contributed by atoms with E-state index in [4.69, 9.17) is 9.57 Å². The standard InChI is InChI=1S/C39H47F2N5O8S/c1-38(2,3)53-37(50)42-31(22-11-5-4-6-12-22)35(48)46-21-23(54-44-32-27-15-9-7-13-25(27)26-14-8-10-16-28(26)32)19-30(46)34(47)43-39(20-29(39)33(40)41)36(49)45-55(51,52)24-17-18-24/h7-10,13-16,22-24,29-31,33H,4-6,11-12,17-21H2,1-3H3,(H,42,50)(H,43,47)(H,45,49)/t23-,29+,30?,31+,39+/m1/s1. The number of carbonyl (C=O) groups excluding carboxylic acids is 4. The molecule has 16 heteroatoms. The number of ether oxygens (including phenoxy) is 1. The Morgan fingerprint density at radius 1 is 0.909 bits per heavy atom. The minimum Gasteiger partial charge on any atom is -0.444 e. The van der Waals surface area contributed by atoms with Gasteiger partial charge >= 0.3 is 6.09 Å². The average molecular weight is 784 g/mol. The molecule has 4 amide bonds. The van der Waals surface area contributed by atoms with Crippen LogP contribution >= 0.6 is 0 Å². The third-order valence-electron chi connectivity index (χ3n) is 11.1. The molecule has 3 N–H and O–H groups in total. The molecule has 0 spiro atoms. The summed E-state index contributed by atoms with van der Waals surface area (Å²) in [6.45, 7) is 4.94. The number of nitrogens with one attached hydrogen (secondary N) is 3. The number of hydrogen-bond acceptors (Lipinski definition) is 9. The fraction of sp³-hybridized carbons (Fsp3) is 0.564. The summed E-state index contributed by atoms with van der Waals surface area (Å²) >= 11 is 0. The number of amides is 4. The first-order valence-electron chi connectivity index (χ1n) is 19.0. The number of nitrogens with zero attached hydrogens (tertiary/aromatic N) is 2. The zero-order chi connectivity index (χ0) is 39.3. The van der Waals surface area contributed by atoms with E-state index in [9.17, 15) is 36.4 Å². The molecule has 0 bridgehead atoms. The van der Waals surface area contributed by atoms with Crippen molar-refractivity contribution >= 4 is 39.5 Å². The second-order valence-electron chi connectivity index (χ2n) is 16.3. The van der Waals surface area contributed by atoms with Gasteiger partial charge in [0.25, 0.3) is 5.91 Å². The molecule has 4 fully saturated rings. The molecule has 13 nitrogen and oxygen atoms in total. The fourth-order valence-corrected chi connectivity index (χ4v) is 9.45. The van der Waals surface area contributed by atoms with E-state index in [0.717, 1.165) is 41.5 Å². The van der Waals surface area contributed by atoms with E-state index < -0.39 is 87.2 Å². The zero-order valence-electron chi connectivity index (χ0n) is 31.1. The Morgan fingerprint density at radius 3 is 2.05 bits per heavy atom. The van der Waals surface area contributed by atoms with Crippen LogP contribution in [0.15, 0.2) is 53.7 Å². The lowest BCUT2D eigenvalue weighted by Gasteiger charge is -2.35. The number of alkyl carbamates (subject to hydrolysis) is 1. The number of oxime groups is 1. The van der Waals surface area contributed by atoms with Gasteiger partial charge in [0.15, 0.2) is 0 Å². The van der Waals surface area contributed by atoms with Gasteiger partial charge in [-0.15, -0.1) is 0 Å². The van der Waals surface area contributed by atoms with Crippen LogP contribution in [0.4, 0.5) is 13.6 Å². The first-order valence-corrected chi connectivity index (χ1v) is 20.5. The van der Waals surface area contributed by atoms with Crippen LogP contribution in [0.1, 0.15) is 89.7 Å². The van der Waals surface area contributed by atoms with Crippen LogP contribution in [0, 0.1) is 11.8 Å². The molecule has 1 aliphatic heterocycles. The summed E-state index contributed by atoms with van der Waals surface area (Å²) in [5, 5.41) is 8.94. The molecule has 7 rings (SSSR count). The number of sulfonamides is 1. The molecule has 1 saturated heterocycles. The Bertz CT molecular complexity index is 1950. The Labute approximate surface area is 319 Å². The third-order valence-corrected chi connectivity index (χ3v) is 12.9. The molecule has 2 aromatic carbocycles. The average Bonchev–Trinajstić information content (AvgIpc) is 4.05. The van der Waals surface area contributed by atoms with Gasteiger partial charge in [-0.05, 0) is 69.9 Å². The van der Waals surface area contributed by atoms with E-state index in [1.165, 1.54) is 4.90 Å². The van der Waals surface area contributed by atoms with Crippen molar-refractivity contribution in [3.8, 4) is 11.1 Å². The maximum atomic E-state index is 14.7. The monoisotopic (exact) mass is 783 g/mol. The van der Waals surface area contributed by atoms with Crippen molar-refractivity contribution in [1.29, 1.82) is 0 Å². The normalized spacial score (nSPS) is 25.4. The Hall–Kier alpha value is -4.60.